The fourth-order valence-electron chi connectivity index (χ4n) is 1.73. The van der Waals surface area contributed by atoms with Gasteiger partial charge in [-0.1, -0.05) is 30.1 Å². The van der Waals surface area contributed by atoms with Crippen LogP contribution in [0.1, 0.15) is 23.7 Å². The van der Waals surface area contributed by atoms with Crippen LogP contribution in [-0.4, -0.2) is 21.0 Å². The molecule has 1 heterocycles. The summed E-state index contributed by atoms with van der Waals surface area (Å²) in [5.74, 6) is -0.457. The lowest BCUT2D eigenvalue weighted by Crippen LogP contribution is -2.13. The number of nitrogens with one attached hydrogen (secondary N) is 1. The first-order chi connectivity index (χ1) is 11.3. The summed E-state index contributed by atoms with van der Waals surface area (Å²) < 4.78 is 32.8. The van der Waals surface area contributed by atoms with Gasteiger partial charge in [-0.3, -0.25) is 4.72 Å². The van der Waals surface area contributed by atoms with Gasteiger partial charge in [0.25, 0.3) is 10.0 Å². The highest BCUT2D eigenvalue weighted by Gasteiger charge is 2.26. The molecule has 0 aliphatic carbocycles. The summed E-state index contributed by atoms with van der Waals surface area (Å²) in [5, 5.41) is 0. The SMILES string of the molecule is CCCOC(=O)c1ccc(NS(=O)(=O)c2c(Cl)sc(Cl)c2Br)cc1. The molecule has 0 atom stereocenters. The fraction of sp³-hybridized carbons (Fsp3) is 0.214. The molecule has 0 saturated carbocycles. The largest absolute Gasteiger partial charge is 0.462 e. The van der Waals surface area contributed by atoms with E-state index in [0.717, 1.165) is 17.8 Å². The molecule has 0 bridgehead atoms. The van der Waals surface area contributed by atoms with E-state index in [1.165, 1.54) is 24.3 Å². The van der Waals surface area contributed by atoms with Gasteiger partial charge in [-0.15, -0.1) is 11.3 Å². The first kappa shape index (κ1) is 19.5. The van der Waals surface area contributed by atoms with Gasteiger partial charge in [0.05, 0.1) is 16.6 Å². The molecule has 1 N–H and O–H groups in total. The number of rotatable bonds is 6. The zero-order valence-corrected chi connectivity index (χ0v) is 17.0. The van der Waals surface area contributed by atoms with Crippen LogP contribution >= 0.6 is 50.5 Å². The highest BCUT2D eigenvalue weighted by atomic mass is 79.9. The number of ether oxygens (including phenoxy) is 1. The minimum Gasteiger partial charge on any atom is -0.462 e. The van der Waals surface area contributed by atoms with Gasteiger partial charge < -0.3 is 4.74 Å². The third-order valence-corrected chi connectivity index (χ3v) is 7.65. The van der Waals surface area contributed by atoms with Crippen LogP contribution in [0.3, 0.4) is 0 Å². The van der Waals surface area contributed by atoms with Crippen LogP contribution in [0.5, 0.6) is 0 Å². The van der Waals surface area contributed by atoms with Crippen molar-refractivity contribution in [1.29, 1.82) is 0 Å². The van der Waals surface area contributed by atoms with E-state index in [4.69, 9.17) is 27.9 Å². The van der Waals surface area contributed by atoms with Crippen LogP contribution in [-0.2, 0) is 14.8 Å². The topological polar surface area (TPSA) is 72.5 Å². The Morgan fingerprint density at radius 3 is 2.38 bits per heavy atom. The molecule has 0 unspecified atom stereocenters. The molecule has 1 aromatic heterocycles. The molecule has 2 aromatic rings. The number of anilines is 1. The Hall–Kier alpha value is -0.800. The van der Waals surface area contributed by atoms with Crippen molar-refractivity contribution in [3.8, 4) is 0 Å². The van der Waals surface area contributed by atoms with Crippen LogP contribution < -0.4 is 4.72 Å². The number of thiophene rings is 1. The monoisotopic (exact) mass is 471 g/mol. The molecule has 130 valence electrons. The number of sulfonamides is 1. The molecule has 0 aliphatic heterocycles. The van der Waals surface area contributed by atoms with Crippen molar-refractivity contribution in [3.63, 3.8) is 0 Å². The molecule has 1 aromatic carbocycles. The Bertz CT molecular complexity index is 850. The number of hydrogen-bond acceptors (Lipinski definition) is 5. The lowest BCUT2D eigenvalue weighted by Gasteiger charge is -2.09. The van der Waals surface area contributed by atoms with E-state index in [1.807, 2.05) is 6.92 Å². The molecule has 0 amide bonds. The van der Waals surface area contributed by atoms with Crippen LogP contribution in [0.15, 0.2) is 33.6 Å². The van der Waals surface area contributed by atoms with Crippen LogP contribution in [0.25, 0.3) is 0 Å². The summed E-state index contributed by atoms with van der Waals surface area (Å²) in [4.78, 5) is 11.6. The van der Waals surface area contributed by atoms with Crippen molar-refractivity contribution in [2.75, 3.05) is 11.3 Å². The van der Waals surface area contributed by atoms with E-state index in [-0.39, 0.29) is 23.7 Å². The van der Waals surface area contributed by atoms with E-state index in [9.17, 15) is 13.2 Å². The predicted molar refractivity (Wildman–Crippen MR) is 99.9 cm³/mol. The number of hydrogen-bond donors (Lipinski definition) is 1. The Balaban J connectivity index is 2.20. The van der Waals surface area contributed by atoms with Gasteiger partial charge in [0.15, 0.2) is 0 Å². The third-order valence-electron chi connectivity index (χ3n) is 2.81. The highest BCUT2D eigenvalue weighted by molar-refractivity contribution is 9.10. The van der Waals surface area contributed by atoms with Gasteiger partial charge in [0, 0.05) is 5.69 Å². The Labute approximate surface area is 162 Å². The molecule has 0 saturated heterocycles. The quantitative estimate of drug-likeness (QED) is 0.587. The van der Waals surface area contributed by atoms with Gasteiger partial charge in [0.1, 0.15) is 13.6 Å². The zero-order valence-electron chi connectivity index (χ0n) is 12.3. The molecular formula is C14H12BrCl2NO4S2. The number of benzene rings is 1. The maximum absolute atomic E-state index is 12.4. The summed E-state index contributed by atoms with van der Waals surface area (Å²) >= 11 is 15.9. The average molecular weight is 473 g/mol. The minimum absolute atomic E-state index is 0.0548. The third kappa shape index (κ3) is 4.43. The number of halogens is 3. The Morgan fingerprint density at radius 1 is 1.25 bits per heavy atom. The molecule has 10 heteroatoms. The predicted octanol–water partition coefficient (Wildman–Crippen LogP) is 5.19. The van der Waals surface area contributed by atoms with Crippen molar-refractivity contribution < 1.29 is 17.9 Å². The Kier molecular flexibility index (Phi) is 6.55. The number of carbonyl (C=O) groups is 1. The van der Waals surface area contributed by atoms with Crippen molar-refractivity contribution >= 4 is 72.1 Å². The van der Waals surface area contributed by atoms with Crippen LogP contribution in [0.4, 0.5) is 5.69 Å². The van der Waals surface area contributed by atoms with E-state index in [2.05, 4.69) is 20.7 Å². The standard InChI is InChI=1S/C14H12BrCl2NO4S2/c1-2-7-22-14(19)8-3-5-9(6-4-8)18-24(20,21)11-10(15)12(16)23-13(11)17/h3-6,18H,2,7H2,1H3. The second-order valence-electron chi connectivity index (χ2n) is 4.61. The lowest BCUT2D eigenvalue weighted by atomic mass is 10.2. The van der Waals surface area contributed by atoms with Crippen molar-refractivity contribution in [1.82, 2.24) is 0 Å². The number of carbonyl (C=O) groups excluding carboxylic acids is 1. The van der Waals surface area contributed by atoms with Crippen LogP contribution in [0, 0.1) is 0 Å². The maximum atomic E-state index is 12.4. The maximum Gasteiger partial charge on any atom is 0.338 e. The highest BCUT2D eigenvalue weighted by Crippen LogP contribution is 2.43. The Morgan fingerprint density at radius 2 is 1.88 bits per heavy atom. The summed E-state index contributed by atoms with van der Waals surface area (Å²) in [6.07, 6.45) is 0.725. The van der Waals surface area contributed by atoms with E-state index in [1.54, 1.807) is 0 Å². The summed E-state index contributed by atoms with van der Waals surface area (Å²) in [7, 11) is -3.92. The van der Waals surface area contributed by atoms with Gasteiger partial charge >= 0.3 is 5.97 Å². The van der Waals surface area contributed by atoms with E-state index in [0.29, 0.717) is 12.2 Å². The zero-order chi connectivity index (χ0) is 17.9. The first-order valence-electron chi connectivity index (χ1n) is 6.69. The van der Waals surface area contributed by atoms with Crippen molar-refractivity contribution in [2.45, 2.75) is 18.2 Å². The second-order valence-corrected chi connectivity index (χ2v) is 9.25. The van der Waals surface area contributed by atoms with E-state index >= 15 is 0 Å². The molecule has 24 heavy (non-hydrogen) atoms. The lowest BCUT2D eigenvalue weighted by molar-refractivity contribution is 0.0505. The molecule has 2 rings (SSSR count). The molecular weight excluding hydrogens is 461 g/mol. The molecule has 0 radical (unpaired) electrons. The second kappa shape index (κ2) is 8.05. The van der Waals surface area contributed by atoms with Gasteiger partial charge in [-0.05, 0) is 46.6 Å². The normalized spacial score (nSPS) is 11.3. The van der Waals surface area contributed by atoms with E-state index < -0.39 is 16.0 Å². The minimum atomic E-state index is -3.92. The first-order valence-corrected chi connectivity index (χ1v) is 10.5. The van der Waals surface area contributed by atoms with Crippen LogP contribution in [0.2, 0.25) is 8.67 Å². The molecule has 0 fully saturated rings. The molecule has 5 nitrogen and oxygen atoms in total. The average Bonchev–Trinajstić information content (AvgIpc) is 2.78. The fourth-order valence-corrected chi connectivity index (χ4v) is 6.34. The summed E-state index contributed by atoms with van der Waals surface area (Å²) in [6.45, 7) is 2.23. The smallest absolute Gasteiger partial charge is 0.338 e. The van der Waals surface area contributed by atoms with Gasteiger partial charge in [-0.2, -0.15) is 0 Å². The summed E-state index contributed by atoms with van der Waals surface area (Å²) in [5.41, 5.74) is 0.622. The van der Waals surface area contributed by atoms with Crippen molar-refractivity contribution in [2.24, 2.45) is 0 Å². The summed E-state index contributed by atoms with van der Waals surface area (Å²) in [6, 6.07) is 5.89. The molecule has 0 aliphatic rings. The van der Waals surface area contributed by atoms with Gasteiger partial charge in [-0.25, -0.2) is 13.2 Å². The molecule has 0 spiro atoms. The van der Waals surface area contributed by atoms with Gasteiger partial charge in [0.2, 0.25) is 0 Å². The van der Waals surface area contributed by atoms with Crippen molar-refractivity contribution in [3.05, 3.63) is 43.0 Å². The number of esters is 1.